The molecule has 0 radical (unpaired) electrons. The molecular weight excluding hydrogens is 240 g/mol. The van der Waals surface area contributed by atoms with Crippen molar-refractivity contribution in [1.82, 2.24) is 10.2 Å². The summed E-state index contributed by atoms with van der Waals surface area (Å²) < 4.78 is 0. The molecule has 1 aromatic rings. The number of carbonyl (C=O) groups excluding carboxylic acids is 1. The van der Waals surface area contributed by atoms with Crippen molar-refractivity contribution in [2.45, 2.75) is 12.8 Å². The molecule has 1 heterocycles. The largest absolute Gasteiger partial charge is 0.396 e. The average Bonchev–Trinajstić information content (AvgIpc) is 2.39. The molecule has 19 heavy (non-hydrogen) atoms. The minimum absolute atomic E-state index is 0.0875. The molecule has 2 rings (SSSR count). The van der Waals surface area contributed by atoms with Crippen molar-refractivity contribution in [3.63, 3.8) is 0 Å². The molecule has 0 atom stereocenters. The van der Waals surface area contributed by atoms with Crippen molar-refractivity contribution in [3.8, 4) is 0 Å². The Hall–Kier alpha value is -1.39. The molecule has 2 N–H and O–H groups in total. The minimum Gasteiger partial charge on any atom is -0.396 e. The molecule has 1 aliphatic rings. The first kappa shape index (κ1) is 14.0. The number of nitrogens with one attached hydrogen (secondary N) is 1. The maximum absolute atomic E-state index is 11.6. The first-order chi connectivity index (χ1) is 9.28. The smallest absolute Gasteiger partial charge is 0.234 e. The molecule has 4 nitrogen and oxygen atoms in total. The number of likely N-dealkylation sites (tertiary alicyclic amines) is 1. The van der Waals surface area contributed by atoms with Crippen LogP contribution >= 0.6 is 0 Å². The fourth-order valence-electron chi connectivity index (χ4n) is 2.35. The zero-order valence-electron chi connectivity index (χ0n) is 11.2. The fourth-order valence-corrected chi connectivity index (χ4v) is 2.35. The van der Waals surface area contributed by atoms with Gasteiger partial charge in [0, 0.05) is 32.2 Å². The van der Waals surface area contributed by atoms with Gasteiger partial charge in [0.05, 0.1) is 6.54 Å². The van der Waals surface area contributed by atoms with E-state index in [4.69, 9.17) is 5.11 Å². The van der Waals surface area contributed by atoms with Gasteiger partial charge in [-0.2, -0.15) is 0 Å². The monoisotopic (exact) mass is 262 g/mol. The minimum atomic E-state index is 0.0875. The Bertz CT molecular complexity index is 388. The normalized spacial score (nSPS) is 16.1. The SMILES string of the molecule is O=C(CN1CC(CO)C1)NCCCc1ccccc1. The zero-order valence-corrected chi connectivity index (χ0v) is 11.2. The van der Waals surface area contributed by atoms with Crippen LogP contribution in [0.1, 0.15) is 12.0 Å². The lowest BCUT2D eigenvalue weighted by Crippen LogP contribution is -2.52. The van der Waals surface area contributed by atoms with Gasteiger partial charge in [-0.25, -0.2) is 0 Å². The maximum Gasteiger partial charge on any atom is 0.234 e. The van der Waals surface area contributed by atoms with E-state index in [0.29, 0.717) is 12.5 Å². The zero-order chi connectivity index (χ0) is 13.5. The number of hydrogen-bond donors (Lipinski definition) is 2. The van der Waals surface area contributed by atoms with Crippen molar-refractivity contribution in [1.29, 1.82) is 0 Å². The molecule has 104 valence electrons. The molecule has 1 saturated heterocycles. The summed E-state index contributed by atoms with van der Waals surface area (Å²) >= 11 is 0. The molecule has 0 aliphatic carbocycles. The van der Waals surface area contributed by atoms with E-state index < -0.39 is 0 Å². The van der Waals surface area contributed by atoms with Gasteiger partial charge in [-0.1, -0.05) is 30.3 Å². The first-order valence-corrected chi connectivity index (χ1v) is 6.92. The van der Waals surface area contributed by atoms with Crippen LogP contribution in [0.5, 0.6) is 0 Å². The predicted octanol–water partition coefficient (Wildman–Crippen LogP) is 0.659. The molecule has 1 aromatic carbocycles. The summed E-state index contributed by atoms with van der Waals surface area (Å²) in [4.78, 5) is 13.7. The van der Waals surface area contributed by atoms with Gasteiger partial charge in [-0.3, -0.25) is 9.69 Å². The number of hydrogen-bond acceptors (Lipinski definition) is 3. The Labute approximate surface area is 114 Å². The van der Waals surface area contributed by atoms with Gasteiger partial charge in [-0.05, 0) is 18.4 Å². The van der Waals surface area contributed by atoms with Crippen LogP contribution in [0.3, 0.4) is 0 Å². The number of aliphatic hydroxyl groups excluding tert-OH is 1. The van der Waals surface area contributed by atoms with E-state index in [9.17, 15) is 4.79 Å². The van der Waals surface area contributed by atoms with Gasteiger partial charge in [0.25, 0.3) is 0 Å². The number of rotatable bonds is 7. The summed E-state index contributed by atoms with van der Waals surface area (Å²) in [6, 6.07) is 10.3. The molecule has 1 amide bonds. The van der Waals surface area contributed by atoms with Gasteiger partial charge >= 0.3 is 0 Å². The summed E-state index contributed by atoms with van der Waals surface area (Å²) in [5.41, 5.74) is 1.31. The van der Waals surface area contributed by atoms with E-state index in [1.807, 2.05) is 18.2 Å². The number of nitrogens with zero attached hydrogens (tertiary/aromatic N) is 1. The Morgan fingerprint density at radius 2 is 2.05 bits per heavy atom. The number of carbonyl (C=O) groups is 1. The van der Waals surface area contributed by atoms with Crippen molar-refractivity contribution in [2.75, 3.05) is 32.8 Å². The lowest BCUT2D eigenvalue weighted by Gasteiger charge is -2.37. The van der Waals surface area contributed by atoms with Gasteiger partial charge < -0.3 is 10.4 Å². The first-order valence-electron chi connectivity index (χ1n) is 6.92. The third-order valence-electron chi connectivity index (χ3n) is 3.47. The van der Waals surface area contributed by atoms with E-state index in [1.165, 1.54) is 5.56 Å². The number of aliphatic hydroxyl groups is 1. The van der Waals surface area contributed by atoms with Crippen LogP contribution in [-0.4, -0.2) is 48.7 Å². The molecule has 0 saturated carbocycles. The Balaban J connectivity index is 1.52. The highest BCUT2D eigenvalue weighted by molar-refractivity contribution is 5.78. The highest BCUT2D eigenvalue weighted by atomic mass is 16.3. The van der Waals surface area contributed by atoms with Crippen molar-refractivity contribution < 1.29 is 9.90 Å². The van der Waals surface area contributed by atoms with Crippen molar-refractivity contribution in [3.05, 3.63) is 35.9 Å². The van der Waals surface area contributed by atoms with Crippen LogP contribution in [0.15, 0.2) is 30.3 Å². The molecule has 0 bridgehead atoms. The molecular formula is C15H22N2O2. The molecule has 1 fully saturated rings. The summed E-state index contributed by atoms with van der Waals surface area (Å²) in [5.74, 6) is 0.454. The third kappa shape index (κ3) is 4.65. The van der Waals surface area contributed by atoms with E-state index in [2.05, 4.69) is 22.3 Å². The second kappa shape index (κ2) is 7.26. The van der Waals surface area contributed by atoms with Gasteiger partial charge in [-0.15, -0.1) is 0 Å². The average molecular weight is 262 g/mol. The summed E-state index contributed by atoms with van der Waals surface area (Å²) in [7, 11) is 0. The van der Waals surface area contributed by atoms with E-state index in [-0.39, 0.29) is 12.5 Å². The molecule has 1 aliphatic heterocycles. The second-order valence-corrected chi connectivity index (χ2v) is 5.18. The quantitative estimate of drug-likeness (QED) is 0.710. The number of aryl methyl sites for hydroxylation is 1. The molecule has 4 heteroatoms. The van der Waals surface area contributed by atoms with E-state index >= 15 is 0 Å². The highest BCUT2D eigenvalue weighted by Crippen LogP contribution is 2.13. The number of benzene rings is 1. The third-order valence-corrected chi connectivity index (χ3v) is 3.47. The van der Waals surface area contributed by atoms with Crippen LogP contribution in [0.2, 0.25) is 0 Å². The van der Waals surface area contributed by atoms with Gasteiger partial charge in [0.2, 0.25) is 5.91 Å². The lowest BCUT2D eigenvalue weighted by atomic mass is 10.0. The van der Waals surface area contributed by atoms with Crippen LogP contribution in [0.25, 0.3) is 0 Å². The topological polar surface area (TPSA) is 52.6 Å². The molecule has 0 spiro atoms. The van der Waals surface area contributed by atoms with Crippen LogP contribution < -0.4 is 5.32 Å². The standard InChI is InChI=1S/C15H22N2O2/c18-12-14-9-17(10-14)11-15(19)16-8-4-7-13-5-2-1-3-6-13/h1-3,5-6,14,18H,4,7-12H2,(H,16,19). The van der Waals surface area contributed by atoms with Crippen molar-refractivity contribution in [2.24, 2.45) is 5.92 Å². The van der Waals surface area contributed by atoms with Gasteiger partial charge in [0.15, 0.2) is 0 Å². The predicted molar refractivity (Wildman–Crippen MR) is 74.8 cm³/mol. The highest BCUT2D eigenvalue weighted by Gasteiger charge is 2.26. The fraction of sp³-hybridized carbons (Fsp3) is 0.533. The van der Waals surface area contributed by atoms with E-state index in [1.54, 1.807) is 0 Å². The van der Waals surface area contributed by atoms with Gasteiger partial charge in [0.1, 0.15) is 0 Å². The Morgan fingerprint density at radius 1 is 1.32 bits per heavy atom. The summed E-state index contributed by atoms with van der Waals surface area (Å²) in [6.07, 6.45) is 1.96. The molecule has 0 unspecified atom stereocenters. The number of amides is 1. The maximum atomic E-state index is 11.6. The van der Waals surface area contributed by atoms with E-state index in [0.717, 1.165) is 32.5 Å². The van der Waals surface area contributed by atoms with Crippen LogP contribution in [0, 0.1) is 5.92 Å². The van der Waals surface area contributed by atoms with Crippen molar-refractivity contribution >= 4 is 5.91 Å². The van der Waals surface area contributed by atoms with Crippen LogP contribution in [-0.2, 0) is 11.2 Å². The van der Waals surface area contributed by atoms with Crippen LogP contribution in [0.4, 0.5) is 0 Å². The summed E-state index contributed by atoms with van der Waals surface area (Å²) in [5, 5.41) is 11.8. The second-order valence-electron chi connectivity index (χ2n) is 5.18. The molecule has 0 aromatic heterocycles. The Kier molecular flexibility index (Phi) is 5.36. The Morgan fingerprint density at radius 3 is 2.74 bits per heavy atom. The lowest BCUT2D eigenvalue weighted by molar-refractivity contribution is -0.124. The summed E-state index contributed by atoms with van der Waals surface area (Å²) in [6.45, 7) is 3.10.